The van der Waals surface area contributed by atoms with E-state index in [0.29, 0.717) is 6.42 Å². The Morgan fingerprint density at radius 2 is 0.849 bits per heavy atom. The predicted octanol–water partition coefficient (Wildman–Crippen LogP) is 13.6. The van der Waals surface area contributed by atoms with E-state index in [1.165, 1.54) is 148 Å². The van der Waals surface area contributed by atoms with Crippen molar-refractivity contribution in [2.75, 3.05) is 13.2 Å². The summed E-state index contributed by atoms with van der Waals surface area (Å²) in [5.41, 5.74) is 0. The lowest BCUT2D eigenvalue weighted by atomic mass is 10.0. The lowest BCUT2D eigenvalue weighted by Crippen LogP contribution is -2.29. The molecule has 0 amide bonds. The first kappa shape index (κ1) is 51.5. The van der Waals surface area contributed by atoms with Gasteiger partial charge in [0.15, 0.2) is 6.10 Å². The SMILES string of the molecule is CCCCCCCC/C=C/C/C=C/CCCCC(=O)O[C@H](COC(=O)CCCCCCCCCCCCCCCCCCCCCC)COP(=O)(O)O. The fraction of sp³-hybridized carbons (Fsp3) is 0.864. The molecule has 0 heterocycles. The van der Waals surface area contributed by atoms with Crippen molar-refractivity contribution in [2.24, 2.45) is 0 Å². The highest BCUT2D eigenvalue weighted by molar-refractivity contribution is 7.46. The van der Waals surface area contributed by atoms with Crippen molar-refractivity contribution < 1.29 is 37.9 Å². The van der Waals surface area contributed by atoms with Gasteiger partial charge in [-0.15, -0.1) is 0 Å². The molecule has 0 aliphatic heterocycles. The Balaban J connectivity index is 3.88. The first-order valence-electron chi connectivity index (χ1n) is 22.1. The summed E-state index contributed by atoms with van der Waals surface area (Å²) in [4.78, 5) is 42.9. The van der Waals surface area contributed by atoms with Crippen LogP contribution in [0.3, 0.4) is 0 Å². The number of hydrogen-bond donors (Lipinski definition) is 2. The fourth-order valence-electron chi connectivity index (χ4n) is 6.40. The molecular formula is C44H83O8P. The van der Waals surface area contributed by atoms with Crippen molar-refractivity contribution in [1.29, 1.82) is 0 Å². The average Bonchev–Trinajstić information content (AvgIpc) is 3.13. The Bertz CT molecular complexity index is 915. The Labute approximate surface area is 326 Å². The number of allylic oxidation sites excluding steroid dienone is 4. The second kappa shape index (κ2) is 40.2. The number of hydrogen-bond acceptors (Lipinski definition) is 6. The Kier molecular flexibility index (Phi) is 39.1. The summed E-state index contributed by atoms with van der Waals surface area (Å²) in [6.07, 6.45) is 46.2. The van der Waals surface area contributed by atoms with Crippen LogP contribution < -0.4 is 0 Å². The van der Waals surface area contributed by atoms with Gasteiger partial charge in [-0.05, 0) is 44.9 Å². The molecule has 0 radical (unpaired) electrons. The van der Waals surface area contributed by atoms with Gasteiger partial charge in [-0.3, -0.25) is 14.1 Å². The summed E-state index contributed by atoms with van der Waals surface area (Å²) >= 11 is 0. The van der Waals surface area contributed by atoms with Gasteiger partial charge in [0.05, 0.1) is 6.61 Å². The summed E-state index contributed by atoms with van der Waals surface area (Å²) in [6.45, 7) is 3.68. The van der Waals surface area contributed by atoms with Gasteiger partial charge in [0.2, 0.25) is 0 Å². The number of phosphoric acid groups is 1. The third-order valence-corrected chi connectivity index (χ3v) is 10.2. The monoisotopic (exact) mass is 771 g/mol. The van der Waals surface area contributed by atoms with Crippen molar-refractivity contribution in [2.45, 2.75) is 232 Å². The molecule has 0 fully saturated rings. The molecule has 0 unspecified atom stereocenters. The number of ether oxygens (including phenoxy) is 2. The molecule has 0 aliphatic carbocycles. The molecule has 53 heavy (non-hydrogen) atoms. The van der Waals surface area contributed by atoms with Gasteiger partial charge in [0.1, 0.15) is 6.61 Å². The standard InChI is InChI=1S/C44H83O8P/c1-3-5-7-9-11-13-15-17-19-20-21-22-23-25-26-28-30-32-34-36-38-43(45)50-40-42(41-51-53(47,48)49)52-44(46)39-37-35-33-31-29-27-24-18-16-14-12-10-8-6-4-2/h18,24,29,31,42H,3-17,19-23,25-28,30,32-41H2,1-2H3,(H2,47,48,49)/b24-18+,31-29+/t42-/m1/s1. The highest BCUT2D eigenvalue weighted by Gasteiger charge is 2.22. The number of rotatable bonds is 41. The average molecular weight is 771 g/mol. The molecule has 0 bridgehead atoms. The molecule has 0 saturated carbocycles. The van der Waals surface area contributed by atoms with Crippen molar-refractivity contribution in [3.63, 3.8) is 0 Å². The third-order valence-electron chi connectivity index (χ3n) is 9.72. The van der Waals surface area contributed by atoms with E-state index in [-0.39, 0.29) is 19.4 Å². The predicted molar refractivity (Wildman–Crippen MR) is 221 cm³/mol. The second-order valence-corrected chi connectivity index (χ2v) is 16.3. The van der Waals surface area contributed by atoms with Crippen LogP contribution in [0.25, 0.3) is 0 Å². The maximum absolute atomic E-state index is 12.4. The molecule has 9 heteroatoms. The molecule has 0 saturated heterocycles. The van der Waals surface area contributed by atoms with Gasteiger partial charge >= 0.3 is 19.8 Å². The van der Waals surface area contributed by atoms with Crippen molar-refractivity contribution >= 4 is 19.8 Å². The van der Waals surface area contributed by atoms with Gasteiger partial charge in [-0.2, -0.15) is 0 Å². The Morgan fingerprint density at radius 1 is 0.491 bits per heavy atom. The van der Waals surface area contributed by atoms with Crippen LogP contribution in [0.1, 0.15) is 226 Å². The molecule has 2 N–H and O–H groups in total. The molecular weight excluding hydrogens is 687 g/mol. The van der Waals surface area contributed by atoms with Crippen LogP contribution in [0.5, 0.6) is 0 Å². The molecule has 0 rings (SSSR count). The highest BCUT2D eigenvalue weighted by atomic mass is 31.2. The van der Waals surface area contributed by atoms with Crippen LogP contribution in [-0.4, -0.2) is 41.0 Å². The fourth-order valence-corrected chi connectivity index (χ4v) is 6.77. The van der Waals surface area contributed by atoms with Crippen LogP contribution >= 0.6 is 7.82 Å². The molecule has 0 aromatic rings. The summed E-state index contributed by atoms with van der Waals surface area (Å²) < 4.78 is 26.4. The highest BCUT2D eigenvalue weighted by Crippen LogP contribution is 2.36. The third kappa shape index (κ3) is 43.1. The number of unbranched alkanes of at least 4 members (excludes halogenated alkanes) is 27. The number of esters is 2. The van der Waals surface area contributed by atoms with Gasteiger partial charge < -0.3 is 19.3 Å². The van der Waals surface area contributed by atoms with Gasteiger partial charge in [-0.1, -0.05) is 192 Å². The maximum atomic E-state index is 12.4. The van der Waals surface area contributed by atoms with Crippen molar-refractivity contribution in [1.82, 2.24) is 0 Å². The molecule has 312 valence electrons. The lowest BCUT2D eigenvalue weighted by molar-refractivity contribution is -0.161. The zero-order chi connectivity index (χ0) is 38.9. The Morgan fingerprint density at radius 3 is 1.28 bits per heavy atom. The summed E-state index contributed by atoms with van der Waals surface area (Å²) in [5, 5.41) is 0. The van der Waals surface area contributed by atoms with E-state index in [2.05, 4.69) is 42.7 Å². The van der Waals surface area contributed by atoms with E-state index >= 15 is 0 Å². The summed E-state index contributed by atoms with van der Waals surface area (Å²) in [6, 6.07) is 0. The molecule has 1 atom stereocenters. The zero-order valence-corrected chi connectivity index (χ0v) is 35.3. The zero-order valence-electron chi connectivity index (χ0n) is 34.4. The molecule has 0 aliphatic rings. The number of carbonyl (C=O) groups is 2. The maximum Gasteiger partial charge on any atom is 0.469 e. The van der Waals surface area contributed by atoms with E-state index in [1.807, 2.05) is 0 Å². The molecule has 0 spiro atoms. The summed E-state index contributed by atoms with van der Waals surface area (Å²) in [5.74, 6) is -0.912. The Hall–Kier alpha value is -1.47. The van der Waals surface area contributed by atoms with Crippen LogP contribution in [0.4, 0.5) is 0 Å². The lowest BCUT2D eigenvalue weighted by Gasteiger charge is -2.18. The first-order chi connectivity index (χ1) is 25.8. The second-order valence-electron chi connectivity index (χ2n) is 15.0. The van der Waals surface area contributed by atoms with Gasteiger partial charge in [0, 0.05) is 12.8 Å². The minimum absolute atomic E-state index is 0.172. The normalized spacial score (nSPS) is 12.6. The van der Waals surface area contributed by atoms with Gasteiger partial charge in [-0.25, -0.2) is 4.57 Å². The smallest absolute Gasteiger partial charge is 0.462 e. The van der Waals surface area contributed by atoms with E-state index in [9.17, 15) is 14.2 Å². The van der Waals surface area contributed by atoms with E-state index in [4.69, 9.17) is 19.3 Å². The first-order valence-corrected chi connectivity index (χ1v) is 23.7. The largest absolute Gasteiger partial charge is 0.469 e. The van der Waals surface area contributed by atoms with Crippen molar-refractivity contribution in [3.8, 4) is 0 Å². The van der Waals surface area contributed by atoms with Crippen LogP contribution in [0, 0.1) is 0 Å². The topological polar surface area (TPSA) is 119 Å². The molecule has 0 aromatic heterocycles. The van der Waals surface area contributed by atoms with Crippen LogP contribution in [-0.2, 0) is 28.2 Å². The minimum atomic E-state index is -4.76. The number of phosphoric ester groups is 1. The van der Waals surface area contributed by atoms with Crippen LogP contribution in [0.15, 0.2) is 24.3 Å². The van der Waals surface area contributed by atoms with Crippen LogP contribution in [0.2, 0.25) is 0 Å². The summed E-state index contributed by atoms with van der Waals surface area (Å²) in [7, 11) is -4.76. The van der Waals surface area contributed by atoms with Crippen molar-refractivity contribution in [3.05, 3.63) is 24.3 Å². The van der Waals surface area contributed by atoms with E-state index in [1.54, 1.807) is 0 Å². The quantitative estimate of drug-likeness (QED) is 0.0273. The number of carbonyl (C=O) groups excluding carboxylic acids is 2. The molecule has 8 nitrogen and oxygen atoms in total. The van der Waals surface area contributed by atoms with E-state index in [0.717, 1.165) is 44.9 Å². The van der Waals surface area contributed by atoms with Gasteiger partial charge in [0.25, 0.3) is 0 Å². The minimum Gasteiger partial charge on any atom is -0.462 e. The molecule has 0 aromatic carbocycles. The van der Waals surface area contributed by atoms with E-state index < -0.39 is 32.5 Å².